The number of sulfonamides is 1. The number of likely N-dealkylation sites (N-methyl/N-ethyl adjacent to an activating group) is 1. The van der Waals surface area contributed by atoms with Crippen molar-refractivity contribution in [3.63, 3.8) is 0 Å². The molecule has 0 aromatic heterocycles. The fourth-order valence-corrected chi connectivity index (χ4v) is 5.64. The summed E-state index contributed by atoms with van der Waals surface area (Å²) in [5, 5.41) is 3.36. The maximum absolute atomic E-state index is 13.8. The molecule has 1 N–H and O–H groups in total. The number of anilines is 1. The Kier molecular flexibility index (Phi) is 11.4. The second kappa shape index (κ2) is 14.7. The molecule has 0 saturated heterocycles. The van der Waals surface area contributed by atoms with Crippen LogP contribution in [0, 0.1) is 0 Å². The average molecular weight is 586 g/mol. The van der Waals surface area contributed by atoms with Gasteiger partial charge in [0.15, 0.2) is 0 Å². The molecule has 0 aliphatic heterocycles. The van der Waals surface area contributed by atoms with Gasteiger partial charge in [-0.3, -0.25) is 13.9 Å². The van der Waals surface area contributed by atoms with Crippen LogP contribution in [0.2, 0.25) is 5.02 Å². The molecular formula is C30H36ClN3O5S. The smallest absolute Gasteiger partial charge is 0.243 e. The van der Waals surface area contributed by atoms with Gasteiger partial charge in [0.2, 0.25) is 21.8 Å². The topological polar surface area (TPSA) is 96.0 Å². The molecule has 1 atom stereocenters. The van der Waals surface area contributed by atoms with Gasteiger partial charge in [0.1, 0.15) is 11.8 Å². The van der Waals surface area contributed by atoms with Crippen molar-refractivity contribution in [3.05, 3.63) is 95.0 Å². The summed E-state index contributed by atoms with van der Waals surface area (Å²) in [5.41, 5.74) is 2.03. The Hall–Kier alpha value is -3.56. The largest absolute Gasteiger partial charge is 0.495 e. The fraction of sp³-hybridized carbons (Fsp3) is 0.333. The lowest BCUT2D eigenvalue weighted by molar-refractivity contribution is -0.141. The van der Waals surface area contributed by atoms with Gasteiger partial charge < -0.3 is 15.0 Å². The number of halogens is 1. The van der Waals surface area contributed by atoms with Crippen LogP contribution in [0.25, 0.3) is 0 Å². The van der Waals surface area contributed by atoms with Crippen molar-refractivity contribution >= 4 is 39.1 Å². The summed E-state index contributed by atoms with van der Waals surface area (Å²) in [6.45, 7) is 2.45. The van der Waals surface area contributed by atoms with Gasteiger partial charge in [0, 0.05) is 37.5 Å². The fourth-order valence-electron chi connectivity index (χ4n) is 4.47. The monoisotopic (exact) mass is 585 g/mol. The molecule has 3 aromatic rings. The summed E-state index contributed by atoms with van der Waals surface area (Å²) in [6, 6.07) is 22.8. The molecule has 2 amide bonds. The summed E-state index contributed by atoms with van der Waals surface area (Å²) < 4.78 is 31.9. The molecule has 0 fully saturated rings. The van der Waals surface area contributed by atoms with Crippen molar-refractivity contribution in [1.29, 1.82) is 0 Å². The SMILES string of the molecule is CCNC(=O)[C@@H](Cc1ccccc1)N(Cc1ccccc1Cl)C(=O)CCCN(c1ccccc1OC)S(C)(=O)=O. The second-order valence-electron chi connectivity index (χ2n) is 9.32. The van der Waals surface area contributed by atoms with E-state index in [4.69, 9.17) is 16.3 Å². The van der Waals surface area contributed by atoms with Crippen LogP contribution >= 0.6 is 11.6 Å². The zero-order valence-electron chi connectivity index (χ0n) is 23.0. The average Bonchev–Trinajstić information content (AvgIpc) is 2.94. The van der Waals surface area contributed by atoms with Crippen LogP contribution in [0.15, 0.2) is 78.9 Å². The Morgan fingerprint density at radius 1 is 0.975 bits per heavy atom. The van der Waals surface area contributed by atoms with Gasteiger partial charge in [-0.15, -0.1) is 0 Å². The van der Waals surface area contributed by atoms with E-state index < -0.39 is 16.1 Å². The van der Waals surface area contributed by atoms with Gasteiger partial charge in [-0.25, -0.2) is 8.42 Å². The normalized spacial score (nSPS) is 11.9. The van der Waals surface area contributed by atoms with Gasteiger partial charge in [0.05, 0.1) is 19.1 Å². The van der Waals surface area contributed by atoms with Gasteiger partial charge in [-0.05, 0) is 42.7 Å². The van der Waals surface area contributed by atoms with Crippen molar-refractivity contribution in [2.24, 2.45) is 0 Å². The number of nitrogens with one attached hydrogen (secondary N) is 1. The molecule has 10 heteroatoms. The first-order chi connectivity index (χ1) is 19.2. The molecule has 40 heavy (non-hydrogen) atoms. The Morgan fingerprint density at radius 2 is 1.62 bits per heavy atom. The number of carbonyl (C=O) groups is 2. The Morgan fingerprint density at radius 3 is 2.27 bits per heavy atom. The third-order valence-corrected chi connectivity index (χ3v) is 7.98. The van der Waals surface area contributed by atoms with E-state index in [1.807, 2.05) is 49.4 Å². The van der Waals surface area contributed by atoms with Crippen LogP contribution in [0.1, 0.15) is 30.9 Å². The quantitative estimate of drug-likeness (QED) is 0.297. The standard InChI is InChI=1S/C30H36ClN3O5S/c1-4-32-30(36)27(21-23-13-6-5-7-14-23)33(22-24-15-8-9-16-25(24)31)29(35)19-12-20-34(40(3,37)38)26-17-10-11-18-28(26)39-2/h5-11,13-18,27H,4,12,19-22H2,1-3H3,(H,32,36)/t27-/m1/s1. The van der Waals surface area contributed by atoms with Crippen LogP contribution in [0.3, 0.4) is 0 Å². The van der Waals surface area contributed by atoms with Crippen LogP contribution in [-0.2, 0) is 32.6 Å². The van der Waals surface area contributed by atoms with Crippen LogP contribution in [0.5, 0.6) is 5.75 Å². The summed E-state index contributed by atoms with van der Waals surface area (Å²) in [4.78, 5) is 28.6. The summed E-state index contributed by atoms with van der Waals surface area (Å²) in [6.07, 6.45) is 1.70. The zero-order chi connectivity index (χ0) is 29.1. The Balaban J connectivity index is 1.88. The molecule has 0 aliphatic carbocycles. The highest BCUT2D eigenvalue weighted by Gasteiger charge is 2.31. The predicted molar refractivity (Wildman–Crippen MR) is 159 cm³/mol. The highest BCUT2D eigenvalue weighted by atomic mass is 35.5. The number of nitrogens with zero attached hydrogens (tertiary/aromatic N) is 2. The summed E-state index contributed by atoms with van der Waals surface area (Å²) >= 11 is 6.45. The maximum Gasteiger partial charge on any atom is 0.243 e. The van der Waals surface area contributed by atoms with Crippen molar-refractivity contribution in [2.45, 2.75) is 38.8 Å². The highest BCUT2D eigenvalue weighted by Crippen LogP contribution is 2.30. The van der Waals surface area contributed by atoms with Crippen molar-refractivity contribution in [3.8, 4) is 5.75 Å². The van der Waals surface area contributed by atoms with E-state index in [0.29, 0.717) is 35.0 Å². The van der Waals surface area contributed by atoms with E-state index in [2.05, 4.69) is 5.32 Å². The number of benzene rings is 3. The Bertz CT molecular complexity index is 1380. The van der Waals surface area contributed by atoms with E-state index in [-0.39, 0.29) is 37.7 Å². The molecule has 0 bridgehead atoms. The summed E-state index contributed by atoms with van der Waals surface area (Å²) in [7, 11) is -2.18. The van der Waals surface area contributed by atoms with Crippen LogP contribution in [-0.4, -0.2) is 57.6 Å². The molecule has 0 radical (unpaired) electrons. The zero-order valence-corrected chi connectivity index (χ0v) is 24.6. The van der Waals surface area contributed by atoms with Gasteiger partial charge in [-0.1, -0.05) is 72.3 Å². The number of hydrogen-bond acceptors (Lipinski definition) is 5. The third-order valence-electron chi connectivity index (χ3n) is 6.43. The van der Waals surface area contributed by atoms with Gasteiger partial charge >= 0.3 is 0 Å². The molecule has 8 nitrogen and oxygen atoms in total. The van der Waals surface area contributed by atoms with Crippen molar-refractivity contribution < 1.29 is 22.7 Å². The molecule has 3 rings (SSSR count). The molecule has 3 aromatic carbocycles. The second-order valence-corrected chi connectivity index (χ2v) is 11.6. The number of ether oxygens (including phenoxy) is 1. The van der Waals surface area contributed by atoms with E-state index in [1.54, 1.807) is 41.3 Å². The number of hydrogen-bond donors (Lipinski definition) is 1. The third kappa shape index (κ3) is 8.47. The number of methoxy groups -OCH3 is 1. The van der Waals surface area contributed by atoms with E-state index in [9.17, 15) is 18.0 Å². The minimum Gasteiger partial charge on any atom is -0.495 e. The molecule has 0 spiro atoms. The molecule has 0 saturated carbocycles. The van der Waals surface area contributed by atoms with Gasteiger partial charge in [-0.2, -0.15) is 0 Å². The predicted octanol–water partition coefficient (Wildman–Crippen LogP) is 4.67. The number of rotatable bonds is 14. The van der Waals surface area contributed by atoms with Gasteiger partial charge in [0.25, 0.3) is 0 Å². The minimum absolute atomic E-state index is 0.0241. The number of amides is 2. The lowest BCUT2D eigenvalue weighted by Gasteiger charge is -2.32. The molecule has 214 valence electrons. The highest BCUT2D eigenvalue weighted by molar-refractivity contribution is 7.92. The summed E-state index contributed by atoms with van der Waals surface area (Å²) in [5.74, 6) is -0.127. The first-order valence-corrected chi connectivity index (χ1v) is 15.3. The van der Waals surface area contributed by atoms with Crippen LogP contribution in [0.4, 0.5) is 5.69 Å². The molecule has 0 heterocycles. The molecule has 0 aliphatic rings. The number of para-hydroxylation sites is 2. The van der Waals surface area contributed by atoms with Crippen molar-refractivity contribution in [2.75, 3.05) is 30.8 Å². The molecule has 0 unspecified atom stereocenters. The first kappa shape index (κ1) is 31.0. The van der Waals surface area contributed by atoms with E-state index in [0.717, 1.165) is 11.8 Å². The minimum atomic E-state index is -3.65. The molecular weight excluding hydrogens is 550 g/mol. The van der Waals surface area contributed by atoms with Crippen LogP contribution < -0.4 is 14.4 Å². The van der Waals surface area contributed by atoms with Crippen molar-refractivity contribution in [1.82, 2.24) is 10.2 Å². The van der Waals surface area contributed by atoms with E-state index >= 15 is 0 Å². The lowest BCUT2D eigenvalue weighted by Crippen LogP contribution is -2.50. The number of carbonyl (C=O) groups excluding carboxylic acids is 2. The van der Waals surface area contributed by atoms with E-state index in [1.165, 1.54) is 11.4 Å². The first-order valence-electron chi connectivity index (χ1n) is 13.1. The lowest BCUT2D eigenvalue weighted by atomic mass is 10.0. The maximum atomic E-state index is 13.8. The Labute approximate surface area is 241 Å².